The molecular formula is C10H13NO3S. The topological polar surface area (TPSA) is 63.2 Å². The van der Waals surface area contributed by atoms with Gasteiger partial charge in [-0.2, -0.15) is 0 Å². The number of sulfone groups is 1. The molecule has 0 aliphatic rings. The third-order valence-electron chi connectivity index (χ3n) is 2.14. The van der Waals surface area contributed by atoms with Gasteiger partial charge < -0.3 is 5.32 Å². The van der Waals surface area contributed by atoms with Gasteiger partial charge >= 0.3 is 0 Å². The summed E-state index contributed by atoms with van der Waals surface area (Å²) < 4.78 is 22.8. The monoisotopic (exact) mass is 227 g/mol. The van der Waals surface area contributed by atoms with Gasteiger partial charge in [-0.25, -0.2) is 8.42 Å². The summed E-state index contributed by atoms with van der Waals surface area (Å²) in [4.78, 5) is 10.6. The van der Waals surface area contributed by atoms with Gasteiger partial charge in [-0.1, -0.05) is 6.07 Å². The van der Waals surface area contributed by atoms with E-state index in [1.165, 1.54) is 6.07 Å². The minimum absolute atomic E-state index is 0.248. The Morgan fingerprint density at radius 3 is 2.27 bits per heavy atom. The molecular weight excluding hydrogens is 214 g/mol. The zero-order chi connectivity index (χ0) is 11.6. The van der Waals surface area contributed by atoms with Crippen molar-refractivity contribution < 1.29 is 13.2 Å². The summed E-state index contributed by atoms with van der Waals surface area (Å²) in [7, 11) is -3.25. The highest BCUT2D eigenvalue weighted by molar-refractivity contribution is 7.90. The molecule has 1 rings (SSSR count). The van der Waals surface area contributed by atoms with Gasteiger partial charge in [0.2, 0.25) is 6.41 Å². The van der Waals surface area contributed by atoms with Crippen LogP contribution in [0.3, 0.4) is 0 Å². The Labute approximate surface area is 89.2 Å². The summed E-state index contributed by atoms with van der Waals surface area (Å²) in [5.41, 5.74) is 2.05. The number of amides is 1. The van der Waals surface area contributed by atoms with Crippen LogP contribution < -0.4 is 5.32 Å². The van der Waals surface area contributed by atoms with Crippen LogP contribution in [0.5, 0.6) is 0 Å². The van der Waals surface area contributed by atoms with Crippen molar-refractivity contribution in [1.29, 1.82) is 0 Å². The average molecular weight is 227 g/mol. The highest BCUT2D eigenvalue weighted by Crippen LogP contribution is 2.23. The minimum Gasteiger partial charge on any atom is -0.328 e. The summed E-state index contributed by atoms with van der Waals surface area (Å²) in [6.07, 6.45) is 1.68. The summed E-state index contributed by atoms with van der Waals surface area (Å²) in [6.45, 7) is 3.54. The second-order valence-corrected chi connectivity index (χ2v) is 5.45. The maximum absolute atomic E-state index is 11.4. The third-order valence-corrected chi connectivity index (χ3v) is 3.37. The van der Waals surface area contributed by atoms with E-state index in [9.17, 15) is 13.2 Å². The summed E-state index contributed by atoms with van der Waals surface area (Å²) in [5, 5.41) is 2.47. The van der Waals surface area contributed by atoms with Crippen molar-refractivity contribution in [3.63, 3.8) is 0 Å². The molecule has 0 unspecified atom stereocenters. The zero-order valence-corrected chi connectivity index (χ0v) is 9.68. The quantitative estimate of drug-likeness (QED) is 0.791. The average Bonchev–Trinajstić information content (AvgIpc) is 2.07. The van der Waals surface area contributed by atoms with Gasteiger partial charge in [-0.05, 0) is 31.0 Å². The number of carbonyl (C=O) groups excluding carboxylic acids is 1. The maximum atomic E-state index is 11.4. The Kier molecular flexibility index (Phi) is 3.14. The Morgan fingerprint density at radius 1 is 1.20 bits per heavy atom. The molecule has 0 radical (unpaired) electrons. The molecule has 0 aliphatic carbocycles. The van der Waals surface area contributed by atoms with Gasteiger partial charge in [-0.15, -0.1) is 0 Å². The lowest BCUT2D eigenvalue weighted by atomic mass is 10.1. The molecule has 1 amide bonds. The van der Waals surface area contributed by atoms with Crippen molar-refractivity contribution in [3.8, 4) is 0 Å². The fourth-order valence-corrected chi connectivity index (χ4v) is 2.43. The van der Waals surface area contributed by atoms with Crippen LogP contribution in [0.2, 0.25) is 0 Å². The molecule has 0 aliphatic heterocycles. The van der Waals surface area contributed by atoms with Crippen molar-refractivity contribution in [2.24, 2.45) is 0 Å². The van der Waals surface area contributed by atoms with E-state index in [4.69, 9.17) is 0 Å². The summed E-state index contributed by atoms with van der Waals surface area (Å²) >= 11 is 0. The lowest BCUT2D eigenvalue weighted by Gasteiger charge is -2.09. The molecule has 15 heavy (non-hydrogen) atoms. The first kappa shape index (κ1) is 11.7. The van der Waals surface area contributed by atoms with Crippen LogP contribution in [0.15, 0.2) is 17.0 Å². The SMILES string of the molecule is Cc1cc(C)c(S(C)(=O)=O)cc1NC=O. The van der Waals surface area contributed by atoms with E-state index >= 15 is 0 Å². The van der Waals surface area contributed by atoms with Crippen molar-refractivity contribution in [2.75, 3.05) is 11.6 Å². The van der Waals surface area contributed by atoms with Crippen LogP contribution in [-0.2, 0) is 14.6 Å². The molecule has 4 nitrogen and oxygen atoms in total. The van der Waals surface area contributed by atoms with E-state index in [-0.39, 0.29) is 4.90 Å². The van der Waals surface area contributed by atoms with Crippen molar-refractivity contribution in [2.45, 2.75) is 18.7 Å². The first-order valence-corrected chi connectivity index (χ1v) is 6.27. The number of nitrogens with one attached hydrogen (secondary N) is 1. The third kappa shape index (κ3) is 2.56. The Balaban J connectivity index is 3.42. The second-order valence-electron chi connectivity index (χ2n) is 3.47. The summed E-state index contributed by atoms with van der Waals surface area (Å²) in [5.74, 6) is 0. The van der Waals surface area contributed by atoms with Crippen molar-refractivity contribution in [3.05, 3.63) is 23.3 Å². The van der Waals surface area contributed by atoms with Gasteiger partial charge in [-0.3, -0.25) is 4.79 Å². The smallest absolute Gasteiger partial charge is 0.211 e. The molecule has 1 N–H and O–H groups in total. The fraction of sp³-hybridized carbons (Fsp3) is 0.300. The van der Waals surface area contributed by atoms with Crippen LogP contribution in [0.25, 0.3) is 0 Å². The molecule has 0 fully saturated rings. The highest BCUT2D eigenvalue weighted by Gasteiger charge is 2.13. The highest BCUT2D eigenvalue weighted by atomic mass is 32.2. The molecule has 5 heteroatoms. The van der Waals surface area contributed by atoms with Gasteiger partial charge in [0.1, 0.15) is 0 Å². The predicted molar refractivity (Wildman–Crippen MR) is 58.7 cm³/mol. The molecule has 1 aromatic carbocycles. The van der Waals surface area contributed by atoms with Crippen LogP contribution in [-0.4, -0.2) is 21.1 Å². The zero-order valence-electron chi connectivity index (χ0n) is 8.87. The van der Waals surface area contributed by atoms with Crippen LogP contribution in [0, 0.1) is 13.8 Å². The van der Waals surface area contributed by atoms with E-state index in [2.05, 4.69) is 5.32 Å². The van der Waals surface area contributed by atoms with Gasteiger partial charge in [0, 0.05) is 11.9 Å². The Morgan fingerprint density at radius 2 is 1.80 bits per heavy atom. The first-order valence-electron chi connectivity index (χ1n) is 4.37. The molecule has 0 heterocycles. The van der Waals surface area contributed by atoms with Gasteiger partial charge in [0.25, 0.3) is 0 Å². The number of anilines is 1. The molecule has 0 atom stereocenters. The van der Waals surface area contributed by atoms with Crippen molar-refractivity contribution >= 4 is 21.9 Å². The molecule has 1 aromatic rings. The molecule has 0 saturated heterocycles. The number of benzene rings is 1. The van der Waals surface area contributed by atoms with Crippen LogP contribution in [0.4, 0.5) is 5.69 Å². The fourth-order valence-electron chi connectivity index (χ4n) is 1.45. The molecule has 0 aromatic heterocycles. The maximum Gasteiger partial charge on any atom is 0.211 e. The van der Waals surface area contributed by atoms with E-state index < -0.39 is 9.84 Å². The Hall–Kier alpha value is -1.36. The minimum atomic E-state index is -3.25. The van der Waals surface area contributed by atoms with E-state index in [0.717, 1.165) is 11.8 Å². The van der Waals surface area contributed by atoms with E-state index in [1.807, 2.05) is 6.92 Å². The van der Waals surface area contributed by atoms with Gasteiger partial charge in [0.15, 0.2) is 9.84 Å². The second kappa shape index (κ2) is 4.02. The largest absolute Gasteiger partial charge is 0.328 e. The first-order chi connectivity index (χ1) is 6.86. The number of aryl methyl sites for hydroxylation is 2. The molecule has 82 valence electrons. The van der Waals surface area contributed by atoms with Gasteiger partial charge in [0.05, 0.1) is 4.90 Å². The lowest BCUT2D eigenvalue weighted by molar-refractivity contribution is -0.105. The van der Waals surface area contributed by atoms with E-state index in [0.29, 0.717) is 17.7 Å². The predicted octanol–water partition coefficient (Wildman–Crippen LogP) is 1.28. The molecule has 0 spiro atoms. The number of hydrogen-bond donors (Lipinski definition) is 1. The van der Waals surface area contributed by atoms with Crippen molar-refractivity contribution in [1.82, 2.24) is 0 Å². The normalized spacial score (nSPS) is 11.1. The number of rotatable bonds is 3. The lowest BCUT2D eigenvalue weighted by Crippen LogP contribution is -2.04. The molecule has 0 bridgehead atoms. The summed E-state index contributed by atoms with van der Waals surface area (Å²) in [6, 6.07) is 3.22. The van der Waals surface area contributed by atoms with E-state index in [1.54, 1.807) is 13.0 Å². The standard InChI is InChI=1S/C10H13NO3S/c1-7-4-8(2)10(15(3,13)14)5-9(7)11-6-12/h4-6H,1-3H3,(H,11,12). The number of carbonyl (C=O) groups is 1. The molecule has 0 saturated carbocycles. The Bertz CT molecular complexity index is 492. The van der Waals surface area contributed by atoms with Crippen LogP contribution in [0.1, 0.15) is 11.1 Å². The van der Waals surface area contributed by atoms with Crippen LogP contribution >= 0.6 is 0 Å². The number of hydrogen-bond acceptors (Lipinski definition) is 3.